The molecule has 148 valence electrons. The van der Waals surface area contributed by atoms with Crippen LogP contribution in [0.1, 0.15) is 18.4 Å². The average molecular weight is 413 g/mol. The molecule has 0 spiro atoms. The molecule has 2 aromatic carbocycles. The Hall–Kier alpha value is -3.57. The number of ether oxygens (including phenoxy) is 1. The Bertz CT molecular complexity index is 1030. The molecule has 1 heterocycles. The Balaban J connectivity index is 1.77. The molecular weight excluding hydrogens is 396 g/mol. The molecule has 2 aromatic rings. The summed E-state index contributed by atoms with van der Waals surface area (Å²) < 4.78 is 5.30. The van der Waals surface area contributed by atoms with E-state index in [1.54, 1.807) is 23.1 Å². The summed E-state index contributed by atoms with van der Waals surface area (Å²) in [5.74, 6) is -1.44. The maximum atomic E-state index is 12.3. The maximum Gasteiger partial charge on any atom is 0.314 e. The molecular formula is C20H17ClN4O4. The van der Waals surface area contributed by atoms with Crippen LogP contribution in [-0.4, -0.2) is 31.4 Å². The van der Waals surface area contributed by atoms with Crippen molar-refractivity contribution in [1.29, 1.82) is 5.26 Å². The average Bonchev–Trinajstić information content (AvgIpc) is 3.13. The minimum Gasteiger partial charge on any atom is -0.495 e. The molecule has 1 aliphatic rings. The molecule has 9 heteroatoms. The predicted octanol–water partition coefficient (Wildman–Crippen LogP) is 2.92. The molecule has 0 unspecified atom stereocenters. The SMILES string of the molecule is COc1ccc(NC(=O)C(=O)Nc2cc(Cl)ccc2C#N)cc1N1CCCC1=O. The van der Waals surface area contributed by atoms with E-state index in [4.69, 9.17) is 21.6 Å². The number of carbonyl (C=O) groups is 3. The van der Waals surface area contributed by atoms with Gasteiger partial charge in [-0.1, -0.05) is 11.6 Å². The number of hydrogen-bond acceptors (Lipinski definition) is 5. The molecule has 1 saturated heterocycles. The third-order valence-corrected chi connectivity index (χ3v) is 4.59. The van der Waals surface area contributed by atoms with Gasteiger partial charge in [0.05, 0.1) is 24.0 Å². The quantitative estimate of drug-likeness (QED) is 0.750. The first-order chi connectivity index (χ1) is 13.9. The minimum atomic E-state index is -0.960. The third kappa shape index (κ3) is 4.47. The van der Waals surface area contributed by atoms with Gasteiger partial charge < -0.3 is 20.3 Å². The van der Waals surface area contributed by atoms with Crippen LogP contribution in [0, 0.1) is 11.3 Å². The lowest BCUT2D eigenvalue weighted by atomic mass is 10.2. The summed E-state index contributed by atoms with van der Waals surface area (Å²) in [4.78, 5) is 38.2. The Morgan fingerprint density at radius 1 is 1.17 bits per heavy atom. The van der Waals surface area contributed by atoms with Crippen LogP contribution in [0.4, 0.5) is 17.1 Å². The molecule has 1 aliphatic heterocycles. The number of rotatable bonds is 4. The zero-order chi connectivity index (χ0) is 21.0. The van der Waals surface area contributed by atoms with Crippen molar-refractivity contribution >= 4 is 46.4 Å². The summed E-state index contributed by atoms with van der Waals surface area (Å²) >= 11 is 5.88. The molecule has 0 aliphatic carbocycles. The van der Waals surface area contributed by atoms with Gasteiger partial charge in [-0.05, 0) is 42.8 Å². The van der Waals surface area contributed by atoms with Gasteiger partial charge in [0.15, 0.2) is 0 Å². The molecule has 8 nitrogen and oxygen atoms in total. The molecule has 29 heavy (non-hydrogen) atoms. The second kappa shape index (κ2) is 8.63. The lowest BCUT2D eigenvalue weighted by Gasteiger charge is -2.20. The van der Waals surface area contributed by atoms with Crippen LogP contribution in [0.25, 0.3) is 0 Å². The van der Waals surface area contributed by atoms with Crippen molar-refractivity contribution in [3.8, 4) is 11.8 Å². The van der Waals surface area contributed by atoms with Crippen molar-refractivity contribution in [2.75, 3.05) is 29.2 Å². The molecule has 0 radical (unpaired) electrons. The van der Waals surface area contributed by atoms with Gasteiger partial charge in [-0.3, -0.25) is 14.4 Å². The number of nitrogens with zero attached hydrogens (tertiary/aromatic N) is 2. The van der Waals surface area contributed by atoms with Crippen molar-refractivity contribution in [2.24, 2.45) is 0 Å². The van der Waals surface area contributed by atoms with Crippen LogP contribution in [0.15, 0.2) is 36.4 Å². The normalized spacial score (nSPS) is 13.0. The van der Waals surface area contributed by atoms with Gasteiger partial charge in [-0.2, -0.15) is 5.26 Å². The van der Waals surface area contributed by atoms with Crippen molar-refractivity contribution in [3.63, 3.8) is 0 Å². The highest BCUT2D eigenvalue weighted by molar-refractivity contribution is 6.44. The summed E-state index contributed by atoms with van der Waals surface area (Å²) in [6, 6.07) is 11.0. The fourth-order valence-corrected chi connectivity index (χ4v) is 3.14. The first-order valence-corrected chi connectivity index (χ1v) is 9.11. The molecule has 0 saturated carbocycles. The van der Waals surface area contributed by atoms with Crippen LogP contribution in [0.3, 0.4) is 0 Å². The number of anilines is 3. The molecule has 0 aromatic heterocycles. The van der Waals surface area contributed by atoms with E-state index >= 15 is 0 Å². The zero-order valence-corrected chi connectivity index (χ0v) is 16.2. The predicted molar refractivity (Wildman–Crippen MR) is 108 cm³/mol. The number of hydrogen-bond donors (Lipinski definition) is 2. The Labute approximate surface area is 172 Å². The molecule has 3 rings (SSSR count). The highest BCUT2D eigenvalue weighted by Crippen LogP contribution is 2.34. The van der Waals surface area contributed by atoms with Gasteiger partial charge in [0.25, 0.3) is 0 Å². The number of benzene rings is 2. The number of carbonyl (C=O) groups excluding carboxylic acids is 3. The summed E-state index contributed by atoms with van der Waals surface area (Å²) in [5, 5.41) is 14.3. The van der Waals surface area contributed by atoms with Crippen LogP contribution in [-0.2, 0) is 14.4 Å². The number of nitrogens with one attached hydrogen (secondary N) is 2. The summed E-state index contributed by atoms with van der Waals surface area (Å²) in [7, 11) is 1.49. The second-order valence-electron chi connectivity index (χ2n) is 6.25. The standard InChI is InChI=1S/C20H17ClN4O4/c1-29-17-7-6-14(10-16(17)25-8-2-3-18(25)26)23-19(27)20(28)24-15-9-13(21)5-4-12(15)11-22/h4-7,9-10H,2-3,8H2,1H3,(H,23,27)(H,24,28). The number of amides is 3. The van der Waals surface area contributed by atoms with Crippen LogP contribution in [0.5, 0.6) is 5.75 Å². The Morgan fingerprint density at radius 2 is 1.93 bits per heavy atom. The number of nitriles is 1. The van der Waals surface area contributed by atoms with Gasteiger partial charge in [-0.25, -0.2) is 0 Å². The van der Waals surface area contributed by atoms with E-state index in [1.807, 2.05) is 6.07 Å². The van der Waals surface area contributed by atoms with Crippen molar-refractivity contribution in [2.45, 2.75) is 12.8 Å². The summed E-state index contributed by atoms with van der Waals surface area (Å²) in [6.45, 7) is 0.554. The Morgan fingerprint density at radius 3 is 2.59 bits per heavy atom. The maximum absolute atomic E-state index is 12.3. The van der Waals surface area contributed by atoms with E-state index < -0.39 is 11.8 Å². The summed E-state index contributed by atoms with van der Waals surface area (Å²) in [5.41, 5.74) is 1.16. The number of halogens is 1. The minimum absolute atomic E-state index is 0.0329. The summed E-state index contributed by atoms with van der Waals surface area (Å²) in [6.07, 6.45) is 1.19. The van der Waals surface area contributed by atoms with Gasteiger partial charge >= 0.3 is 11.8 Å². The highest BCUT2D eigenvalue weighted by Gasteiger charge is 2.25. The van der Waals surface area contributed by atoms with Crippen LogP contribution >= 0.6 is 11.6 Å². The lowest BCUT2D eigenvalue weighted by Crippen LogP contribution is -2.29. The zero-order valence-electron chi connectivity index (χ0n) is 15.5. The highest BCUT2D eigenvalue weighted by atomic mass is 35.5. The van der Waals surface area contributed by atoms with Gasteiger partial charge in [0.2, 0.25) is 5.91 Å². The molecule has 0 atom stereocenters. The van der Waals surface area contributed by atoms with Crippen molar-refractivity contribution in [3.05, 3.63) is 47.0 Å². The largest absolute Gasteiger partial charge is 0.495 e. The molecule has 2 N–H and O–H groups in total. The van der Waals surface area contributed by atoms with E-state index in [0.717, 1.165) is 6.42 Å². The fraction of sp³-hybridized carbons (Fsp3) is 0.200. The van der Waals surface area contributed by atoms with Gasteiger partial charge in [-0.15, -0.1) is 0 Å². The third-order valence-electron chi connectivity index (χ3n) is 4.36. The van der Waals surface area contributed by atoms with E-state index in [2.05, 4.69) is 10.6 Å². The first-order valence-electron chi connectivity index (χ1n) is 8.73. The fourth-order valence-electron chi connectivity index (χ4n) is 2.97. The Kier molecular flexibility index (Phi) is 6.00. The monoisotopic (exact) mass is 412 g/mol. The van der Waals surface area contributed by atoms with E-state index in [-0.39, 0.29) is 17.2 Å². The lowest BCUT2D eigenvalue weighted by molar-refractivity contribution is -0.133. The van der Waals surface area contributed by atoms with E-state index in [0.29, 0.717) is 35.1 Å². The van der Waals surface area contributed by atoms with Gasteiger partial charge in [0, 0.05) is 23.7 Å². The van der Waals surface area contributed by atoms with E-state index in [9.17, 15) is 14.4 Å². The number of methoxy groups -OCH3 is 1. The van der Waals surface area contributed by atoms with Crippen molar-refractivity contribution in [1.82, 2.24) is 0 Å². The molecule has 1 fully saturated rings. The topological polar surface area (TPSA) is 112 Å². The van der Waals surface area contributed by atoms with Crippen molar-refractivity contribution < 1.29 is 19.1 Å². The van der Waals surface area contributed by atoms with Crippen LogP contribution in [0.2, 0.25) is 5.02 Å². The van der Waals surface area contributed by atoms with Crippen LogP contribution < -0.4 is 20.3 Å². The molecule has 0 bridgehead atoms. The smallest absolute Gasteiger partial charge is 0.314 e. The second-order valence-corrected chi connectivity index (χ2v) is 6.68. The molecule has 3 amide bonds. The first kappa shape index (κ1) is 20.2. The van der Waals surface area contributed by atoms with E-state index in [1.165, 1.54) is 25.3 Å². The van der Waals surface area contributed by atoms with Gasteiger partial charge in [0.1, 0.15) is 11.8 Å².